The molecule has 0 saturated carbocycles. The van der Waals surface area contributed by atoms with E-state index in [2.05, 4.69) is 4.72 Å². The van der Waals surface area contributed by atoms with Crippen molar-refractivity contribution in [2.24, 2.45) is 0 Å². The highest BCUT2D eigenvalue weighted by molar-refractivity contribution is 7.89. The Bertz CT molecular complexity index is 739. The fourth-order valence-electron chi connectivity index (χ4n) is 2.24. The zero-order chi connectivity index (χ0) is 16.2. The van der Waals surface area contributed by atoms with Gasteiger partial charge >= 0.3 is 0 Å². The van der Waals surface area contributed by atoms with Crippen molar-refractivity contribution in [1.82, 2.24) is 4.72 Å². The van der Waals surface area contributed by atoms with E-state index in [-0.39, 0.29) is 11.4 Å². The molecule has 0 aromatic heterocycles. The standard InChI is InChI=1S/C16H21NO4S/c1-16(21-3,12-20-2)11-17-22(18,19)15-10-6-8-13-7-4-5-9-14(13)15/h4-10,17H,11-12H2,1-3H3. The van der Waals surface area contributed by atoms with Crippen LogP contribution in [0.25, 0.3) is 10.8 Å². The first-order valence-corrected chi connectivity index (χ1v) is 8.42. The lowest BCUT2D eigenvalue weighted by Crippen LogP contribution is -2.45. The molecule has 0 spiro atoms. The Labute approximate surface area is 131 Å². The van der Waals surface area contributed by atoms with Gasteiger partial charge < -0.3 is 9.47 Å². The highest BCUT2D eigenvalue weighted by Gasteiger charge is 2.27. The second-order valence-corrected chi connectivity index (χ2v) is 7.12. The third-order valence-corrected chi connectivity index (χ3v) is 5.08. The summed E-state index contributed by atoms with van der Waals surface area (Å²) in [5, 5.41) is 1.58. The minimum atomic E-state index is -3.63. The number of hydrogen-bond donors (Lipinski definition) is 1. The van der Waals surface area contributed by atoms with Crippen molar-refractivity contribution in [1.29, 1.82) is 0 Å². The quantitative estimate of drug-likeness (QED) is 0.848. The number of benzene rings is 2. The SMILES string of the molecule is COCC(C)(CNS(=O)(=O)c1cccc2ccccc12)OC. The van der Waals surface area contributed by atoms with Crippen LogP contribution in [0.15, 0.2) is 47.4 Å². The van der Waals surface area contributed by atoms with Gasteiger partial charge in [0.05, 0.1) is 11.5 Å². The third kappa shape index (κ3) is 3.64. The first kappa shape index (κ1) is 16.9. The summed E-state index contributed by atoms with van der Waals surface area (Å²) in [5.74, 6) is 0. The average molecular weight is 323 g/mol. The maximum atomic E-state index is 12.6. The zero-order valence-corrected chi connectivity index (χ0v) is 13.8. The van der Waals surface area contributed by atoms with E-state index in [1.165, 1.54) is 7.11 Å². The molecular formula is C16H21NO4S. The molecule has 0 radical (unpaired) electrons. The molecule has 2 rings (SSSR count). The molecule has 0 aliphatic heterocycles. The van der Waals surface area contributed by atoms with E-state index >= 15 is 0 Å². The average Bonchev–Trinajstić information content (AvgIpc) is 2.53. The summed E-state index contributed by atoms with van der Waals surface area (Å²) in [6, 6.07) is 12.6. The topological polar surface area (TPSA) is 64.6 Å². The minimum Gasteiger partial charge on any atom is -0.382 e. The van der Waals surface area contributed by atoms with E-state index in [0.717, 1.165) is 5.39 Å². The van der Waals surface area contributed by atoms with Crippen LogP contribution in [0, 0.1) is 0 Å². The molecule has 1 atom stereocenters. The third-order valence-electron chi connectivity index (χ3n) is 3.62. The van der Waals surface area contributed by atoms with Crippen molar-refractivity contribution >= 4 is 20.8 Å². The monoisotopic (exact) mass is 323 g/mol. The van der Waals surface area contributed by atoms with Crippen LogP contribution >= 0.6 is 0 Å². The molecule has 5 nitrogen and oxygen atoms in total. The molecule has 2 aromatic carbocycles. The Morgan fingerprint density at radius 3 is 2.45 bits per heavy atom. The highest BCUT2D eigenvalue weighted by Crippen LogP contribution is 2.23. The van der Waals surface area contributed by atoms with Gasteiger partial charge in [-0.25, -0.2) is 13.1 Å². The van der Waals surface area contributed by atoms with E-state index in [1.807, 2.05) is 24.3 Å². The lowest BCUT2D eigenvalue weighted by Gasteiger charge is -2.27. The predicted molar refractivity (Wildman–Crippen MR) is 86.4 cm³/mol. The summed E-state index contributed by atoms with van der Waals surface area (Å²) < 4.78 is 38.2. The van der Waals surface area contributed by atoms with Crippen LogP contribution in [0.4, 0.5) is 0 Å². The van der Waals surface area contributed by atoms with Crippen LogP contribution in [0.1, 0.15) is 6.92 Å². The van der Waals surface area contributed by atoms with Crippen molar-refractivity contribution in [2.75, 3.05) is 27.4 Å². The number of ether oxygens (including phenoxy) is 2. The van der Waals surface area contributed by atoms with Gasteiger partial charge in [-0.1, -0.05) is 36.4 Å². The summed E-state index contributed by atoms with van der Waals surface area (Å²) in [7, 11) is -0.549. The van der Waals surface area contributed by atoms with Crippen molar-refractivity contribution in [3.63, 3.8) is 0 Å². The van der Waals surface area contributed by atoms with E-state index in [4.69, 9.17) is 9.47 Å². The van der Waals surface area contributed by atoms with Crippen molar-refractivity contribution in [3.8, 4) is 0 Å². The van der Waals surface area contributed by atoms with Crippen LogP contribution in [0.2, 0.25) is 0 Å². The van der Waals surface area contributed by atoms with Gasteiger partial charge in [-0.3, -0.25) is 0 Å². The first-order valence-electron chi connectivity index (χ1n) is 6.93. The van der Waals surface area contributed by atoms with Crippen LogP contribution in [-0.2, 0) is 19.5 Å². The molecule has 0 saturated heterocycles. The second kappa shape index (κ2) is 6.75. The van der Waals surface area contributed by atoms with Crippen LogP contribution < -0.4 is 4.72 Å². The minimum absolute atomic E-state index is 0.128. The Hall–Kier alpha value is -1.47. The molecule has 0 amide bonds. The summed E-state index contributed by atoms with van der Waals surface area (Å²) in [6.07, 6.45) is 0. The predicted octanol–water partition coefficient (Wildman–Crippen LogP) is 2.17. The fourth-order valence-corrected chi connectivity index (χ4v) is 3.63. The molecule has 2 aromatic rings. The van der Waals surface area contributed by atoms with Crippen molar-refractivity contribution in [2.45, 2.75) is 17.4 Å². The first-order chi connectivity index (χ1) is 10.4. The molecule has 22 heavy (non-hydrogen) atoms. The van der Waals surface area contributed by atoms with Gasteiger partial charge in [-0.05, 0) is 18.4 Å². The molecule has 0 aliphatic rings. The number of rotatable bonds is 7. The molecule has 1 N–H and O–H groups in total. The van der Waals surface area contributed by atoms with Crippen LogP contribution in [0.3, 0.4) is 0 Å². The van der Waals surface area contributed by atoms with Gasteiger partial charge in [0.15, 0.2) is 0 Å². The molecule has 0 fully saturated rings. The number of methoxy groups -OCH3 is 2. The van der Waals surface area contributed by atoms with Gasteiger partial charge in [0.1, 0.15) is 5.60 Å². The van der Waals surface area contributed by atoms with E-state index in [9.17, 15) is 8.42 Å². The summed E-state index contributed by atoms with van der Waals surface area (Å²) >= 11 is 0. The van der Waals surface area contributed by atoms with E-state index < -0.39 is 15.6 Å². The van der Waals surface area contributed by atoms with Gasteiger partial charge in [-0.15, -0.1) is 0 Å². The zero-order valence-electron chi connectivity index (χ0n) is 13.0. The summed E-state index contributed by atoms with van der Waals surface area (Å²) in [4.78, 5) is 0.265. The van der Waals surface area contributed by atoms with Gasteiger partial charge in [0.2, 0.25) is 10.0 Å². The molecule has 0 heterocycles. The van der Waals surface area contributed by atoms with Crippen LogP contribution in [-0.4, -0.2) is 41.4 Å². The van der Waals surface area contributed by atoms with E-state index in [1.54, 1.807) is 32.2 Å². The fraction of sp³-hybridized carbons (Fsp3) is 0.375. The second-order valence-electron chi connectivity index (χ2n) is 5.39. The Morgan fingerprint density at radius 1 is 1.09 bits per heavy atom. The smallest absolute Gasteiger partial charge is 0.241 e. The Balaban J connectivity index is 2.30. The molecule has 0 bridgehead atoms. The number of hydrogen-bond acceptors (Lipinski definition) is 4. The highest BCUT2D eigenvalue weighted by atomic mass is 32.2. The number of sulfonamides is 1. The summed E-state index contributed by atoms with van der Waals surface area (Å²) in [5.41, 5.74) is -0.716. The molecule has 0 aliphatic carbocycles. The van der Waals surface area contributed by atoms with Crippen molar-refractivity contribution < 1.29 is 17.9 Å². The molecule has 1 unspecified atom stereocenters. The maximum absolute atomic E-state index is 12.6. The van der Waals surface area contributed by atoms with Gasteiger partial charge in [0, 0.05) is 26.2 Å². The summed E-state index contributed by atoms with van der Waals surface area (Å²) in [6.45, 7) is 2.21. The lowest BCUT2D eigenvalue weighted by atomic mass is 10.1. The largest absolute Gasteiger partial charge is 0.382 e. The van der Waals surface area contributed by atoms with E-state index in [0.29, 0.717) is 12.0 Å². The lowest BCUT2D eigenvalue weighted by molar-refractivity contribution is -0.0460. The van der Waals surface area contributed by atoms with Crippen LogP contribution in [0.5, 0.6) is 0 Å². The number of fused-ring (bicyclic) bond motifs is 1. The Morgan fingerprint density at radius 2 is 1.77 bits per heavy atom. The Kier molecular flexibility index (Phi) is 5.18. The molecule has 6 heteroatoms. The normalized spacial score (nSPS) is 14.9. The maximum Gasteiger partial charge on any atom is 0.241 e. The van der Waals surface area contributed by atoms with Gasteiger partial charge in [0.25, 0.3) is 0 Å². The molecule has 120 valence electrons. The number of nitrogens with one attached hydrogen (secondary N) is 1. The van der Waals surface area contributed by atoms with Gasteiger partial charge in [-0.2, -0.15) is 0 Å². The molecular weight excluding hydrogens is 302 g/mol. The van der Waals surface area contributed by atoms with Crippen molar-refractivity contribution in [3.05, 3.63) is 42.5 Å².